The lowest BCUT2D eigenvalue weighted by Gasteiger charge is -2.11. The molecule has 9 nitrogen and oxygen atoms in total. The van der Waals surface area contributed by atoms with E-state index in [0.29, 0.717) is 39.7 Å². The second-order valence-electron chi connectivity index (χ2n) is 7.30. The van der Waals surface area contributed by atoms with Gasteiger partial charge in [-0.15, -0.1) is 0 Å². The number of nitrogens with one attached hydrogen (secondary N) is 2. The average Bonchev–Trinajstić information content (AvgIpc) is 3.36. The molecule has 2 N–H and O–H groups in total. The molecule has 1 aliphatic heterocycles. The topological polar surface area (TPSA) is 107 Å². The number of hydrogen-bond acceptors (Lipinski definition) is 7. The Bertz CT molecular complexity index is 1290. The molecule has 0 bridgehead atoms. The first kappa shape index (κ1) is 23.4. The molecule has 0 saturated heterocycles. The van der Waals surface area contributed by atoms with Crippen LogP contribution in [0.2, 0.25) is 0 Å². The van der Waals surface area contributed by atoms with Gasteiger partial charge in [-0.25, -0.2) is 5.43 Å². The van der Waals surface area contributed by atoms with Crippen molar-refractivity contribution in [2.24, 2.45) is 5.10 Å². The molecule has 0 atom stereocenters. The summed E-state index contributed by atoms with van der Waals surface area (Å²) in [6, 6.07) is 19.0. The van der Waals surface area contributed by atoms with E-state index in [-0.39, 0.29) is 12.5 Å². The van der Waals surface area contributed by atoms with Gasteiger partial charge in [-0.3, -0.25) is 9.59 Å². The number of methoxy groups -OCH3 is 2. The summed E-state index contributed by atoms with van der Waals surface area (Å²) in [5.41, 5.74) is 4.16. The zero-order valence-electron chi connectivity index (χ0n) is 19.1. The lowest BCUT2D eigenvalue weighted by atomic mass is 10.1. The second kappa shape index (κ2) is 10.9. The summed E-state index contributed by atoms with van der Waals surface area (Å²) in [6.45, 7) is 0.165. The van der Waals surface area contributed by atoms with Crippen LogP contribution >= 0.6 is 0 Å². The van der Waals surface area contributed by atoms with E-state index in [4.69, 9.17) is 18.9 Å². The quantitative estimate of drug-likeness (QED) is 0.295. The van der Waals surface area contributed by atoms with Crippen LogP contribution < -0.4 is 29.7 Å². The third-order valence-corrected chi connectivity index (χ3v) is 5.02. The third-order valence-electron chi connectivity index (χ3n) is 5.02. The molecule has 0 aromatic heterocycles. The molecule has 0 radical (unpaired) electrons. The molecule has 1 aliphatic rings. The van der Waals surface area contributed by atoms with Crippen molar-refractivity contribution in [3.05, 3.63) is 89.1 Å². The maximum Gasteiger partial charge on any atom is 0.287 e. The number of amides is 2. The zero-order valence-corrected chi connectivity index (χ0v) is 19.1. The highest BCUT2D eigenvalue weighted by atomic mass is 16.7. The molecular formula is C26H23N3O6. The number of ether oxygens (including phenoxy) is 4. The molecule has 2 amide bonds. The van der Waals surface area contributed by atoms with Crippen LogP contribution in [0.1, 0.15) is 21.5 Å². The number of carbonyl (C=O) groups excluding carboxylic acids is 2. The molecule has 3 aromatic carbocycles. The van der Waals surface area contributed by atoms with Crippen LogP contribution in [0, 0.1) is 0 Å². The number of rotatable bonds is 8. The van der Waals surface area contributed by atoms with E-state index in [2.05, 4.69) is 15.8 Å². The number of fused-ring (bicyclic) bond motifs is 1. The van der Waals surface area contributed by atoms with Gasteiger partial charge in [0.05, 0.1) is 20.4 Å². The number of carbonyl (C=O) groups is 2. The minimum absolute atomic E-state index is 0.00564. The maximum atomic E-state index is 13.0. The van der Waals surface area contributed by atoms with Crippen LogP contribution in [-0.4, -0.2) is 39.0 Å². The van der Waals surface area contributed by atoms with E-state index < -0.39 is 11.8 Å². The van der Waals surface area contributed by atoms with Crippen LogP contribution in [0.5, 0.6) is 23.0 Å². The Hall–Kier alpha value is -4.79. The fourth-order valence-electron chi connectivity index (χ4n) is 3.27. The van der Waals surface area contributed by atoms with Gasteiger partial charge < -0.3 is 24.3 Å². The third kappa shape index (κ3) is 5.77. The second-order valence-corrected chi connectivity index (χ2v) is 7.30. The summed E-state index contributed by atoms with van der Waals surface area (Å²) in [5, 5.41) is 6.67. The van der Waals surface area contributed by atoms with Gasteiger partial charge in [0.2, 0.25) is 6.79 Å². The lowest BCUT2D eigenvalue weighted by molar-refractivity contribution is -0.117. The first-order valence-electron chi connectivity index (χ1n) is 10.6. The van der Waals surface area contributed by atoms with E-state index in [1.807, 2.05) is 0 Å². The SMILES string of the molecule is COc1ccc(/C=C(/NC(=O)c2ccccc2)C(=O)N/N=C/c2ccc3c(c2)OCO3)cc1OC. The highest BCUT2D eigenvalue weighted by Crippen LogP contribution is 2.32. The minimum atomic E-state index is -0.610. The van der Waals surface area contributed by atoms with Gasteiger partial charge >= 0.3 is 0 Å². The van der Waals surface area contributed by atoms with Crippen molar-refractivity contribution in [3.8, 4) is 23.0 Å². The zero-order chi connectivity index (χ0) is 24.6. The number of nitrogens with zero attached hydrogens (tertiary/aromatic N) is 1. The molecule has 3 aromatic rings. The van der Waals surface area contributed by atoms with Gasteiger partial charge in [-0.1, -0.05) is 24.3 Å². The maximum absolute atomic E-state index is 13.0. The highest BCUT2D eigenvalue weighted by molar-refractivity contribution is 6.05. The van der Waals surface area contributed by atoms with Gasteiger partial charge in [0.25, 0.3) is 11.8 Å². The summed E-state index contributed by atoms with van der Waals surface area (Å²) in [7, 11) is 3.05. The van der Waals surface area contributed by atoms with Crippen molar-refractivity contribution < 1.29 is 28.5 Å². The molecule has 0 saturated carbocycles. The molecule has 0 aliphatic carbocycles. The fourth-order valence-corrected chi connectivity index (χ4v) is 3.27. The molecule has 35 heavy (non-hydrogen) atoms. The van der Waals surface area contributed by atoms with Crippen LogP contribution in [0.3, 0.4) is 0 Å². The summed E-state index contributed by atoms with van der Waals surface area (Å²) >= 11 is 0. The van der Waals surface area contributed by atoms with E-state index >= 15 is 0 Å². The molecular weight excluding hydrogens is 450 g/mol. The standard InChI is InChI=1S/C26H23N3O6/c1-32-21-10-8-17(13-23(21)33-2)12-20(28-25(30)19-6-4-3-5-7-19)26(31)29-27-15-18-9-11-22-24(14-18)35-16-34-22/h3-15H,16H2,1-2H3,(H,28,30)(H,29,31)/b20-12+,27-15+. The molecule has 9 heteroatoms. The Morgan fingerprint density at radius 2 is 1.63 bits per heavy atom. The summed E-state index contributed by atoms with van der Waals surface area (Å²) in [6.07, 6.45) is 2.99. The molecule has 1 heterocycles. The lowest BCUT2D eigenvalue weighted by Crippen LogP contribution is -2.32. The summed E-state index contributed by atoms with van der Waals surface area (Å²) in [4.78, 5) is 25.7. The van der Waals surface area contributed by atoms with Crippen molar-refractivity contribution in [1.29, 1.82) is 0 Å². The van der Waals surface area contributed by atoms with Gasteiger partial charge in [0, 0.05) is 5.56 Å². The predicted octanol–water partition coefficient (Wildman–Crippen LogP) is 3.35. The van der Waals surface area contributed by atoms with Crippen molar-refractivity contribution in [2.45, 2.75) is 0 Å². The Morgan fingerprint density at radius 1 is 0.886 bits per heavy atom. The van der Waals surface area contributed by atoms with Crippen molar-refractivity contribution in [1.82, 2.24) is 10.7 Å². The van der Waals surface area contributed by atoms with Crippen molar-refractivity contribution in [2.75, 3.05) is 21.0 Å². The number of benzene rings is 3. The Balaban J connectivity index is 1.56. The predicted molar refractivity (Wildman–Crippen MR) is 130 cm³/mol. The smallest absolute Gasteiger partial charge is 0.287 e. The highest BCUT2D eigenvalue weighted by Gasteiger charge is 2.16. The molecule has 0 unspecified atom stereocenters. The Labute approximate surface area is 202 Å². The van der Waals surface area contributed by atoms with E-state index in [0.717, 1.165) is 0 Å². The largest absolute Gasteiger partial charge is 0.493 e. The average molecular weight is 473 g/mol. The first-order valence-corrected chi connectivity index (χ1v) is 10.6. The summed E-state index contributed by atoms with van der Waals surface area (Å²) < 4.78 is 21.2. The van der Waals surface area contributed by atoms with Gasteiger partial charge in [-0.05, 0) is 59.7 Å². The van der Waals surface area contributed by atoms with Crippen LogP contribution in [-0.2, 0) is 4.79 Å². The van der Waals surface area contributed by atoms with Gasteiger partial charge in [0.1, 0.15) is 5.70 Å². The normalized spacial score (nSPS) is 12.3. The van der Waals surface area contributed by atoms with E-state index in [9.17, 15) is 9.59 Å². The van der Waals surface area contributed by atoms with Crippen molar-refractivity contribution >= 4 is 24.1 Å². The number of hydrogen-bond donors (Lipinski definition) is 2. The Kier molecular flexibility index (Phi) is 7.27. The first-order chi connectivity index (χ1) is 17.1. The summed E-state index contributed by atoms with van der Waals surface area (Å²) in [5.74, 6) is 1.22. The van der Waals surface area contributed by atoms with Crippen LogP contribution in [0.4, 0.5) is 0 Å². The van der Waals surface area contributed by atoms with Crippen LogP contribution in [0.15, 0.2) is 77.5 Å². The van der Waals surface area contributed by atoms with E-state index in [1.165, 1.54) is 26.5 Å². The van der Waals surface area contributed by atoms with Gasteiger partial charge in [0.15, 0.2) is 23.0 Å². The molecule has 178 valence electrons. The van der Waals surface area contributed by atoms with E-state index in [1.54, 1.807) is 66.7 Å². The van der Waals surface area contributed by atoms with Crippen LogP contribution in [0.25, 0.3) is 6.08 Å². The van der Waals surface area contributed by atoms with Crippen molar-refractivity contribution in [3.63, 3.8) is 0 Å². The monoisotopic (exact) mass is 473 g/mol. The minimum Gasteiger partial charge on any atom is -0.493 e. The fraction of sp³-hybridized carbons (Fsp3) is 0.115. The Morgan fingerprint density at radius 3 is 2.40 bits per heavy atom. The van der Waals surface area contributed by atoms with Gasteiger partial charge in [-0.2, -0.15) is 5.10 Å². The molecule has 4 rings (SSSR count). The molecule has 0 fully saturated rings. The number of hydrazone groups is 1. The molecule has 0 spiro atoms.